The van der Waals surface area contributed by atoms with Gasteiger partial charge in [0.05, 0.1) is 12.2 Å². The number of esters is 1. The third kappa shape index (κ3) is 5.95. The summed E-state index contributed by atoms with van der Waals surface area (Å²) < 4.78 is 16.3. The topological polar surface area (TPSA) is 44.8 Å². The molecule has 0 atom stereocenters. The van der Waals surface area contributed by atoms with E-state index < -0.39 is 0 Å². The number of unbranched alkanes of at least 4 members (excludes halogenated alkanes) is 1. The number of aryl methyl sites for hydroxylation is 1. The second-order valence-corrected chi connectivity index (χ2v) is 5.52. The van der Waals surface area contributed by atoms with Crippen LogP contribution in [0.15, 0.2) is 48.5 Å². The van der Waals surface area contributed by atoms with Crippen LogP contribution in [0.4, 0.5) is 0 Å². The molecular weight excluding hydrogens is 304 g/mol. The normalized spacial score (nSPS) is 10.2. The Morgan fingerprint density at radius 3 is 2.04 bits per heavy atom. The number of carbonyl (C=O) groups is 1. The fourth-order valence-electron chi connectivity index (χ4n) is 2.03. The van der Waals surface area contributed by atoms with Crippen LogP contribution < -0.4 is 9.47 Å². The third-order valence-electron chi connectivity index (χ3n) is 3.46. The highest BCUT2D eigenvalue weighted by molar-refractivity contribution is 5.89. The van der Waals surface area contributed by atoms with E-state index >= 15 is 0 Å². The predicted octanol–water partition coefficient (Wildman–Crippen LogP) is 4.41. The first kappa shape index (κ1) is 17.9. The Morgan fingerprint density at radius 2 is 1.42 bits per heavy atom. The molecule has 0 fully saturated rings. The zero-order valence-electron chi connectivity index (χ0n) is 14.3. The Labute approximate surface area is 143 Å². The minimum absolute atomic E-state index is 0.210. The van der Waals surface area contributed by atoms with Gasteiger partial charge in [-0.25, -0.2) is 4.79 Å². The summed E-state index contributed by atoms with van der Waals surface area (Å²) in [6.07, 6.45) is 2.11. The molecule has 4 nitrogen and oxygen atoms in total. The lowest BCUT2D eigenvalue weighted by atomic mass is 10.2. The van der Waals surface area contributed by atoms with Crippen molar-refractivity contribution in [3.05, 3.63) is 59.7 Å². The van der Waals surface area contributed by atoms with Gasteiger partial charge in [-0.15, -0.1) is 0 Å². The van der Waals surface area contributed by atoms with E-state index in [1.54, 1.807) is 24.3 Å². The fourth-order valence-corrected chi connectivity index (χ4v) is 2.03. The van der Waals surface area contributed by atoms with Crippen LogP contribution in [-0.2, 0) is 4.74 Å². The summed E-state index contributed by atoms with van der Waals surface area (Å²) in [6.45, 7) is 5.36. The summed E-state index contributed by atoms with van der Waals surface area (Å²) >= 11 is 0. The molecule has 0 spiro atoms. The molecule has 0 bridgehead atoms. The lowest BCUT2D eigenvalue weighted by molar-refractivity contribution is 0.0450. The van der Waals surface area contributed by atoms with Crippen LogP contribution in [0.25, 0.3) is 0 Å². The highest BCUT2D eigenvalue weighted by Gasteiger charge is 2.07. The average molecular weight is 328 g/mol. The van der Waals surface area contributed by atoms with Crippen molar-refractivity contribution in [2.45, 2.75) is 26.7 Å². The number of carbonyl (C=O) groups excluding carboxylic acids is 1. The van der Waals surface area contributed by atoms with E-state index in [4.69, 9.17) is 14.2 Å². The molecule has 0 saturated carbocycles. The van der Waals surface area contributed by atoms with Gasteiger partial charge in [-0.05, 0) is 49.7 Å². The second-order valence-electron chi connectivity index (χ2n) is 5.52. The molecule has 4 heteroatoms. The summed E-state index contributed by atoms with van der Waals surface area (Å²) in [5, 5.41) is 0. The highest BCUT2D eigenvalue weighted by atomic mass is 16.6. The van der Waals surface area contributed by atoms with Crippen LogP contribution in [0, 0.1) is 6.92 Å². The summed E-state index contributed by atoms with van der Waals surface area (Å²) in [6, 6.07) is 14.7. The van der Waals surface area contributed by atoms with E-state index in [0.29, 0.717) is 18.8 Å². The smallest absolute Gasteiger partial charge is 0.338 e. The molecule has 0 aliphatic rings. The number of hydrogen-bond donors (Lipinski definition) is 0. The van der Waals surface area contributed by atoms with Gasteiger partial charge < -0.3 is 14.2 Å². The Balaban J connectivity index is 1.71. The average Bonchev–Trinajstić information content (AvgIpc) is 2.61. The molecule has 0 aromatic heterocycles. The summed E-state index contributed by atoms with van der Waals surface area (Å²) in [7, 11) is 0. The van der Waals surface area contributed by atoms with Crippen LogP contribution in [0.1, 0.15) is 35.7 Å². The van der Waals surface area contributed by atoms with Crippen molar-refractivity contribution in [2.24, 2.45) is 0 Å². The predicted molar refractivity (Wildman–Crippen MR) is 93.8 cm³/mol. The zero-order valence-corrected chi connectivity index (χ0v) is 14.3. The van der Waals surface area contributed by atoms with Gasteiger partial charge in [-0.1, -0.05) is 31.0 Å². The first-order valence-electron chi connectivity index (χ1n) is 8.28. The standard InChI is InChI=1S/C20H24O4/c1-3-4-13-22-19-11-7-17(8-12-19)20(21)24-15-14-23-18-9-5-16(2)6-10-18/h5-12H,3-4,13-15H2,1-2H3. The molecule has 0 unspecified atom stereocenters. The molecule has 0 aliphatic heterocycles. The van der Waals surface area contributed by atoms with Crippen molar-refractivity contribution in [3.8, 4) is 11.5 Å². The molecule has 0 radical (unpaired) electrons. The van der Waals surface area contributed by atoms with Crippen LogP contribution >= 0.6 is 0 Å². The minimum Gasteiger partial charge on any atom is -0.494 e. The van der Waals surface area contributed by atoms with Gasteiger partial charge in [0.1, 0.15) is 24.7 Å². The van der Waals surface area contributed by atoms with Crippen LogP contribution in [0.2, 0.25) is 0 Å². The van der Waals surface area contributed by atoms with Crippen molar-refractivity contribution >= 4 is 5.97 Å². The third-order valence-corrected chi connectivity index (χ3v) is 3.46. The lowest BCUT2D eigenvalue weighted by Crippen LogP contribution is -2.12. The number of rotatable bonds is 9. The first-order valence-corrected chi connectivity index (χ1v) is 8.28. The molecule has 0 saturated heterocycles. The largest absolute Gasteiger partial charge is 0.494 e. The maximum atomic E-state index is 12.0. The summed E-state index contributed by atoms with van der Waals surface area (Å²) in [4.78, 5) is 12.0. The lowest BCUT2D eigenvalue weighted by Gasteiger charge is -2.08. The molecular formula is C20H24O4. The van der Waals surface area contributed by atoms with Gasteiger partial charge in [-0.2, -0.15) is 0 Å². The number of benzene rings is 2. The van der Waals surface area contributed by atoms with E-state index in [1.165, 1.54) is 5.56 Å². The SMILES string of the molecule is CCCCOc1ccc(C(=O)OCCOc2ccc(C)cc2)cc1. The minimum atomic E-state index is -0.359. The Kier molecular flexibility index (Phi) is 7.15. The van der Waals surface area contributed by atoms with E-state index in [1.807, 2.05) is 31.2 Å². The highest BCUT2D eigenvalue weighted by Crippen LogP contribution is 2.14. The number of hydrogen-bond acceptors (Lipinski definition) is 4. The molecule has 2 aromatic rings. The van der Waals surface area contributed by atoms with Gasteiger partial charge in [0.2, 0.25) is 0 Å². The van der Waals surface area contributed by atoms with Crippen molar-refractivity contribution in [1.29, 1.82) is 0 Å². The van der Waals surface area contributed by atoms with Gasteiger partial charge in [0.25, 0.3) is 0 Å². The summed E-state index contributed by atoms with van der Waals surface area (Å²) in [5.74, 6) is 1.18. The van der Waals surface area contributed by atoms with E-state index in [0.717, 1.165) is 24.3 Å². The van der Waals surface area contributed by atoms with Gasteiger partial charge >= 0.3 is 5.97 Å². The molecule has 0 amide bonds. The summed E-state index contributed by atoms with van der Waals surface area (Å²) in [5.41, 5.74) is 1.68. The first-order chi connectivity index (χ1) is 11.7. The van der Waals surface area contributed by atoms with Crippen LogP contribution in [0.5, 0.6) is 11.5 Å². The van der Waals surface area contributed by atoms with Gasteiger partial charge in [0, 0.05) is 0 Å². The molecule has 0 heterocycles. The molecule has 0 aliphatic carbocycles. The quantitative estimate of drug-likeness (QED) is 0.505. The molecule has 2 rings (SSSR count). The second kappa shape index (κ2) is 9.60. The zero-order chi connectivity index (χ0) is 17.2. The number of ether oxygens (including phenoxy) is 3. The molecule has 24 heavy (non-hydrogen) atoms. The van der Waals surface area contributed by atoms with Crippen LogP contribution in [-0.4, -0.2) is 25.8 Å². The van der Waals surface area contributed by atoms with Crippen molar-refractivity contribution in [3.63, 3.8) is 0 Å². The Bertz CT molecular complexity index is 617. The van der Waals surface area contributed by atoms with E-state index in [9.17, 15) is 4.79 Å². The monoisotopic (exact) mass is 328 g/mol. The van der Waals surface area contributed by atoms with Gasteiger partial charge in [0.15, 0.2) is 0 Å². The molecule has 0 N–H and O–H groups in total. The Morgan fingerprint density at radius 1 is 0.833 bits per heavy atom. The van der Waals surface area contributed by atoms with Crippen molar-refractivity contribution < 1.29 is 19.0 Å². The fraction of sp³-hybridized carbons (Fsp3) is 0.350. The maximum absolute atomic E-state index is 12.0. The van der Waals surface area contributed by atoms with E-state index in [-0.39, 0.29) is 12.6 Å². The van der Waals surface area contributed by atoms with Gasteiger partial charge in [-0.3, -0.25) is 0 Å². The maximum Gasteiger partial charge on any atom is 0.338 e. The Hall–Kier alpha value is -2.49. The van der Waals surface area contributed by atoms with Crippen molar-refractivity contribution in [1.82, 2.24) is 0 Å². The molecule has 128 valence electrons. The van der Waals surface area contributed by atoms with Crippen molar-refractivity contribution in [2.75, 3.05) is 19.8 Å². The van der Waals surface area contributed by atoms with E-state index in [2.05, 4.69) is 6.92 Å². The molecule has 2 aromatic carbocycles. The van der Waals surface area contributed by atoms with Crippen LogP contribution in [0.3, 0.4) is 0 Å².